The Balaban J connectivity index is 1.85. The molecule has 1 aromatic rings. The Morgan fingerprint density at radius 1 is 1.03 bits per heavy atom. The lowest BCUT2D eigenvalue weighted by Gasteiger charge is -2.43. The fraction of sp³-hybridized carbons (Fsp3) is 0.640. The number of fused-ring (bicyclic) bond motifs is 2. The summed E-state index contributed by atoms with van der Waals surface area (Å²) in [6.07, 6.45) is 7.48. The van der Waals surface area contributed by atoms with Crippen LogP contribution in [0.2, 0.25) is 0 Å². The van der Waals surface area contributed by atoms with Gasteiger partial charge in [-0.05, 0) is 48.9 Å². The molecule has 0 bridgehead atoms. The van der Waals surface area contributed by atoms with E-state index < -0.39 is 11.9 Å². The second kappa shape index (κ2) is 7.95. The van der Waals surface area contributed by atoms with Crippen LogP contribution < -0.4 is 4.90 Å². The van der Waals surface area contributed by atoms with Crippen molar-refractivity contribution in [3.8, 4) is 0 Å². The Labute approximate surface area is 183 Å². The van der Waals surface area contributed by atoms with Crippen molar-refractivity contribution in [3.05, 3.63) is 29.8 Å². The molecule has 4 rings (SSSR count). The normalized spacial score (nSPS) is 29.4. The zero-order valence-corrected chi connectivity index (χ0v) is 18.5. The van der Waals surface area contributed by atoms with Crippen LogP contribution in [0.25, 0.3) is 0 Å². The first kappa shape index (κ1) is 21.8. The highest BCUT2D eigenvalue weighted by molar-refractivity contribution is 5.89. The molecule has 1 aromatic carbocycles. The van der Waals surface area contributed by atoms with E-state index >= 15 is 0 Å². The van der Waals surface area contributed by atoms with Crippen molar-refractivity contribution in [1.82, 2.24) is 0 Å². The summed E-state index contributed by atoms with van der Waals surface area (Å²) in [7, 11) is 0. The average Bonchev–Trinajstić information content (AvgIpc) is 2.82. The third-order valence-electron chi connectivity index (χ3n) is 7.94. The lowest BCUT2D eigenvalue weighted by molar-refractivity contribution is -0.139. The Kier molecular flexibility index (Phi) is 5.61. The number of ketones is 1. The first-order valence-corrected chi connectivity index (χ1v) is 11.5. The number of anilines is 1. The van der Waals surface area contributed by atoms with E-state index in [1.165, 1.54) is 0 Å². The van der Waals surface area contributed by atoms with Crippen molar-refractivity contribution in [2.24, 2.45) is 16.7 Å². The van der Waals surface area contributed by atoms with Gasteiger partial charge in [0.05, 0.1) is 12.0 Å². The summed E-state index contributed by atoms with van der Waals surface area (Å²) < 4.78 is 0. The number of carboxylic acid groups (broad SMARTS) is 2. The minimum Gasteiger partial charge on any atom is -0.481 e. The Morgan fingerprint density at radius 3 is 2.19 bits per heavy atom. The van der Waals surface area contributed by atoms with Crippen molar-refractivity contribution in [3.63, 3.8) is 0 Å². The maximum Gasteiger partial charge on any atom is 0.335 e. The summed E-state index contributed by atoms with van der Waals surface area (Å²) in [5.74, 6) is -1.70. The van der Waals surface area contributed by atoms with E-state index in [0.717, 1.165) is 50.6 Å². The van der Waals surface area contributed by atoms with E-state index in [4.69, 9.17) is 0 Å². The number of nitrogens with zero attached hydrogens (tertiary/aromatic N) is 1. The molecule has 1 saturated heterocycles. The van der Waals surface area contributed by atoms with Crippen molar-refractivity contribution < 1.29 is 24.6 Å². The van der Waals surface area contributed by atoms with E-state index in [2.05, 4.69) is 18.7 Å². The Bertz CT molecular complexity index is 866. The van der Waals surface area contributed by atoms with Gasteiger partial charge in [-0.1, -0.05) is 39.5 Å². The molecule has 168 valence electrons. The predicted octanol–water partition coefficient (Wildman–Crippen LogP) is 4.76. The molecule has 3 atom stereocenters. The summed E-state index contributed by atoms with van der Waals surface area (Å²) in [4.78, 5) is 39.1. The molecule has 1 heterocycles. The molecule has 3 fully saturated rings. The van der Waals surface area contributed by atoms with Crippen molar-refractivity contribution >= 4 is 23.4 Å². The summed E-state index contributed by atoms with van der Waals surface area (Å²) >= 11 is 0. The number of Topliss-reactive ketones (excluding diaryl/α,β-unsaturated/α-hetero) is 1. The number of carboxylic acids is 2. The van der Waals surface area contributed by atoms with Gasteiger partial charge in [0, 0.05) is 35.5 Å². The molecule has 2 saturated carbocycles. The molecular formula is C25H33NO5. The number of carbonyl (C=O) groups excluding carboxylic acids is 1. The molecule has 2 N–H and O–H groups in total. The molecule has 0 amide bonds. The predicted molar refractivity (Wildman–Crippen MR) is 117 cm³/mol. The van der Waals surface area contributed by atoms with Gasteiger partial charge in [0.1, 0.15) is 5.78 Å². The number of carbonyl (C=O) groups is 3. The van der Waals surface area contributed by atoms with Crippen molar-refractivity contribution in [1.29, 1.82) is 0 Å². The van der Waals surface area contributed by atoms with Crippen LogP contribution >= 0.6 is 0 Å². The third-order valence-corrected chi connectivity index (χ3v) is 7.94. The first-order chi connectivity index (χ1) is 14.6. The number of hydrogen-bond donors (Lipinski definition) is 2. The zero-order valence-electron chi connectivity index (χ0n) is 18.5. The molecule has 1 aliphatic heterocycles. The SMILES string of the molecule is CC1(C)CC(=O)C2C(C1)N(c1ccc(C(=O)O)cc1)C(CC(=O)O)C21CCCCCC1. The van der Waals surface area contributed by atoms with E-state index in [1.807, 2.05) is 0 Å². The zero-order chi connectivity index (χ0) is 22.4. The van der Waals surface area contributed by atoms with Gasteiger partial charge in [0.15, 0.2) is 0 Å². The number of hydrogen-bond acceptors (Lipinski definition) is 4. The van der Waals surface area contributed by atoms with Crippen LogP contribution in [0.5, 0.6) is 0 Å². The van der Waals surface area contributed by atoms with Gasteiger partial charge in [-0.25, -0.2) is 4.79 Å². The molecular weight excluding hydrogens is 394 g/mol. The average molecular weight is 428 g/mol. The minimum absolute atomic E-state index is 0.00138. The van der Waals surface area contributed by atoms with Gasteiger partial charge < -0.3 is 15.1 Å². The molecule has 3 unspecified atom stereocenters. The number of aromatic carboxylic acids is 1. The van der Waals surface area contributed by atoms with Crippen LogP contribution in [0, 0.1) is 16.7 Å². The summed E-state index contributed by atoms with van der Waals surface area (Å²) in [5.41, 5.74) is 0.580. The molecule has 6 heteroatoms. The number of aliphatic carboxylic acids is 1. The number of benzene rings is 1. The van der Waals surface area contributed by atoms with Gasteiger partial charge in [-0.3, -0.25) is 9.59 Å². The monoisotopic (exact) mass is 427 g/mol. The Morgan fingerprint density at radius 2 is 1.65 bits per heavy atom. The van der Waals surface area contributed by atoms with E-state index in [-0.39, 0.29) is 46.6 Å². The van der Waals surface area contributed by atoms with Crippen molar-refractivity contribution in [2.45, 2.75) is 83.7 Å². The van der Waals surface area contributed by atoms with E-state index in [0.29, 0.717) is 6.42 Å². The molecule has 0 aromatic heterocycles. The van der Waals surface area contributed by atoms with E-state index in [1.54, 1.807) is 24.3 Å². The molecule has 3 aliphatic rings. The minimum atomic E-state index is -0.984. The largest absolute Gasteiger partial charge is 0.481 e. The molecule has 1 spiro atoms. The van der Waals surface area contributed by atoms with Gasteiger partial charge in [-0.2, -0.15) is 0 Å². The van der Waals surface area contributed by atoms with Crippen LogP contribution in [0.4, 0.5) is 5.69 Å². The highest BCUT2D eigenvalue weighted by Crippen LogP contribution is 2.60. The van der Waals surface area contributed by atoms with Gasteiger partial charge >= 0.3 is 11.9 Å². The maximum atomic E-state index is 13.6. The summed E-state index contributed by atoms with van der Waals surface area (Å²) in [6.45, 7) is 4.24. The van der Waals surface area contributed by atoms with Crippen LogP contribution in [-0.4, -0.2) is 40.0 Å². The highest BCUT2D eigenvalue weighted by Gasteiger charge is 2.63. The second-order valence-electron chi connectivity index (χ2n) is 10.6. The maximum absolute atomic E-state index is 13.6. The molecule has 6 nitrogen and oxygen atoms in total. The topological polar surface area (TPSA) is 94.9 Å². The molecule has 2 aliphatic carbocycles. The third kappa shape index (κ3) is 3.85. The van der Waals surface area contributed by atoms with Crippen LogP contribution in [0.1, 0.15) is 82.0 Å². The fourth-order valence-corrected chi connectivity index (χ4v) is 6.88. The lowest BCUT2D eigenvalue weighted by atomic mass is 9.58. The smallest absolute Gasteiger partial charge is 0.335 e. The molecule has 0 radical (unpaired) electrons. The van der Waals surface area contributed by atoms with Gasteiger partial charge in [0.25, 0.3) is 0 Å². The molecule has 31 heavy (non-hydrogen) atoms. The van der Waals surface area contributed by atoms with Crippen molar-refractivity contribution in [2.75, 3.05) is 4.90 Å². The second-order valence-corrected chi connectivity index (χ2v) is 10.6. The summed E-state index contributed by atoms with van der Waals surface area (Å²) in [5, 5.41) is 19.1. The van der Waals surface area contributed by atoms with Gasteiger partial charge in [-0.15, -0.1) is 0 Å². The standard InChI is InChI=1S/C25H33NO5/c1-24(2)14-18-22(19(27)15-24)25(11-5-3-4-6-12-25)20(13-21(28)29)26(18)17-9-7-16(8-10-17)23(30)31/h7-10,18,20,22H,3-6,11-15H2,1-2H3,(H,28,29)(H,30,31). The van der Waals surface area contributed by atoms with Crippen LogP contribution in [0.3, 0.4) is 0 Å². The van der Waals surface area contributed by atoms with Gasteiger partial charge in [0.2, 0.25) is 0 Å². The lowest BCUT2D eigenvalue weighted by Crippen LogP contribution is -2.47. The van der Waals surface area contributed by atoms with Crippen LogP contribution in [0.15, 0.2) is 24.3 Å². The first-order valence-electron chi connectivity index (χ1n) is 11.5. The van der Waals surface area contributed by atoms with E-state index in [9.17, 15) is 24.6 Å². The fourth-order valence-electron chi connectivity index (χ4n) is 6.88. The summed E-state index contributed by atoms with van der Waals surface area (Å²) in [6, 6.07) is 6.44. The quantitative estimate of drug-likeness (QED) is 0.719. The highest BCUT2D eigenvalue weighted by atomic mass is 16.4. The number of rotatable bonds is 4. The Hall–Kier alpha value is -2.37. The van der Waals surface area contributed by atoms with Crippen LogP contribution in [-0.2, 0) is 9.59 Å².